The molecule has 0 saturated carbocycles. The summed E-state index contributed by atoms with van der Waals surface area (Å²) in [5, 5.41) is 2.51. The molecule has 1 amide bonds. The van der Waals surface area contributed by atoms with Crippen LogP contribution in [0.15, 0.2) is 42.5 Å². The van der Waals surface area contributed by atoms with E-state index in [0.717, 1.165) is 30.9 Å². The van der Waals surface area contributed by atoms with E-state index in [4.69, 9.17) is 0 Å². The lowest BCUT2D eigenvalue weighted by atomic mass is 10.1. The average molecular weight is 409 g/mol. The number of anilines is 1. The van der Waals surface area contributed by atoms with E-state index in [0.29, 0.717) is 19.2 Å². The first-order valence-electron chi connectivity index (χ1n) is 9.38. The first kappa shape index (κ1) is 21.1. The van der Waals surface area contributed by atoms with Crippen LogP contribution in [0.5, 0.6) is 0 Å². The summed E-state index contributed by atoms with van der Waals surface area (Å²) >= 11 is 0. The first-order valence-corrected chi connectivity index (χ1v) is 9.38. The van der Waals surface area contributed by atoms with Crippen molar-refractivity contribution in [3.05, 3.63) is 65.0 Å². The molecule has 8 heteroatoms. The Balaban J connectivity index is 1.50. The number of benzene rings is 2. The van der Waals surface area contributed by atoms with E-state index in [1.807, 2.05) is 24.0 Å². The molecule has 0 aromatic heterocycles. The number of carbonyl (C=O) groups is 1. The summed E-state index contributed by atoms with van der Waals surface area (Å²) in [6, 6.07) is 10.7. The summed E-state index contributed by atoms with van der Waals surface area (Å²) in [7, 11) is 0. The largest absolute Gasteiger partial charge is 0.416 e. The molecule has 29 heavy (non-hydrogen) atoms. The zero-order valence-corrected chi connectivity index (χ0v) is 16.1. The van der Waals surface area contributed by atoms with Crippen molar-refractivity contribution in [3.63, 3.8) is 0 Å². The highest BCUT2D eigenvalue weighted by Crippen LogP contribution is 2.32. The number of carbonyl (C=O) groups excluding carboxylic acids is 1. The number of alkyl halides is 3. The van der Waals surface area contributed by atoms with E-state index in [1.54, 1.807) is 0 Å². The molecular weight excluding hydrogens is 386 g/mol. The van der Waals surface area contributed by atoms with Gasteiger partial charge in [-0.25, -0.2) is 4.39 Å². The van der Waals surface area contributed by atoms with Gasteiger partial charge in [-0.05, 0) is 42.3 Å². The average Bonchev–Trinajstić information content (AvgIpc) is 2.67. The molecule has 1 N–H and O–H groups in total. The van der Waals surface area contributed by atoms with Crippen LogP contribution >= 0.6 is 0 Å². The van der Waals surface area contributed by atoms with Crippen molar-refractivity contribution >= 4 is 11.6 Å². The number of nitrogens with one attached hydrogen (secondary N) is 1. The van der Waals surface area contributed by atoms with Gasteiger partial charge < -0.3 is 10.2 Å². The van der Waals surface area contributed by atoms with Crippen LogP contribution in [0.1, 0.15) is 16.7 Å². The molecule has 0 aliphatic carbocycles. The summed E-state index contributed by atoms with van der Waals surface area (Å²) in [6.45, 7) is 4.77. The Bertz CT molecular complexity index is 861. The molecule has 0 bridgehead atoms. The molecule has 0 unspecified atom stereocenters. The number of piperazine rings is 1. The molecule has 0 spiro atoms. The van der Waals surface area contributed by atoms with Crippen LogP contribution in [-0.2, 0) is 17.5 Å². The molecule has 3 rings (SSSR count). The lowest BCUT2D eigenvalue weighted by Crippen LogP contribution is -2.49. The number of halogens is 4. The second kappa shape index (κ2) is 8.82. The van der Waals surface area contributed by atoms with Crippen LogP contribution < -0.4 is 10.2 Å². The van der Waals surface area contributed by atoms with Gasteiger partial charge in [0.1, 0.15) is 5.82 Å². The number of rotatable bonds is 5. The van der Waals surface area contributed by atoms with E-state index in [-0.39, 0.29) is 24.6 Å². The molecule has 156 valence electrons. The van der Waals surface area contributed by atoms with Gasteiger partial charge in [-0.3, -0.25) is 9.69 Å². The third-order valence-corrected chi connectivity index (χ3v) is 4.96. The predicted octanol–water partition coefficient (Wildman–Crippen LogP) is 3.59. The fourth-order valence-electron chi connectivity index (χ4n) is 3.41. The second-order valence-corrected chi connectivity index (χ2v) is 7.18. The minimum Gasteiger partial charge on any atom is -0.369 e. The Hall–Kier alpha value is -2.61. The van der Waals surface area contributed by atoms with Crippen molar-refractivity contribution in [1.82, 2.24) is 10.2 Å². The van der Waals surface area contributed by atoms with E-state index in [2.05, 4.69) is 22.3 Å². The molecule has 0 atom stereocenters. The Morgan fingerprint density at radius 3 is 2.45 bits per heavy atom. The Morgan fingerprint density at radius 2 is 1.79 bits per heavy atom. The number of amides is 1. The highest BCUT2D eigenvalue weighted by molar-refractivity contribution is 5.78. The second-order valence-electron chi connectivity index (χ2n) is 7.18. The number of hydrogen-bond acceptors (Lipinski definition) is 3. The highest BCUT2D eigenvalue weighted by atomic mass is 19.4. The minimum absolute atomic E-state index is 0.115. The van der Waals surface area contributed by atoms with Gasteiger partial charge in [0.2, 0.25) is 5.91 Å². The molecular formula is C21H23F4N3O. The number of aryl methyl sites for hydroxylation is 1. The Morgan fingerprint density at radius 1 is 1.07 bits per heavy atom. The molecule has 1 fully saturated rings. The SMILES string of the molecule is Cc1cccc(N2CCN(CC(=O)NCc3ccc(F)cc3C(F)(F)F)CC2)c1. The molecule has 1 saturated heterocycles. The van der Waals surface area contributed by atoms with Gasteiger partial charge in [-0.15, -0.1) is 0 Å². The summed E-state index contributed by atoms with van der Waals surface area (Å²) < 4.78 is 52.3. The Kier molecular flexibility index (Phi) is 6.42. The molecule has 1 aliphatic rings. The fourth-order valence-corrected chi connectivity index (χ4v) is 3.41. The number of nitrogens with zero attached hydrogens (tertiary/aromatic N) is 2. The molecule has 2 aromatic carbocycles. The van der Waals surface area contributed by atoms with E-state index >= 15 is 0 Å². The zero-order chi connectivity index (χ0) is 21.0. The van der Waals surface area contributed by atoms with Gasteiger partial charge in [0.25, 0.3) is 0 Å². The van der Waals surface area contributed by atoms with Crippen LogP contribution in [0.4, 0.5) is 23.2 Å². The van der Waals surface area contributed by atoms with Crippen LogP contribution in [0, 0.1) is 12.7 Å². The molecule has 1 aliphatic heterocycles. The van der Waals surface area contributed by atoms with Crippen LogP contribution in [-0.4, -0.2) is 43.5 Å². The van der Waals surface area contributed by atoms with Crippen molar-refractivity contribution in [2.75, 3.05) is 37.6 Å². The monoisotopic (exact) mass is 409 g/mol. The minimum atomic E-state index is -4.67. The summed E-state index contributed by atoms with van der Waals surface area (Å²) in [6.07, 6.45) is -4.67. The summed E-state index contributed by atoms with van der Waals surface area (Å²) in [5.41, 5.74) is 1.11. The van der Waals surface area contributed by atoms with Crippen molar-refractivity contribution in [3.8, 4) is 0 Å². The van der Waals surface area contributed by atoms with Crippen molar-refractivity contribution in [2.45, 2.75) is 19.6 Å². The Labute approximate surface area is 167 Å². The maximum Gasteiger partial charge on any atom is 0.416 e. The van der Waals surface area contributed by atoms with E-state index in [1.165, 1.54) is 5.56 Å². The van der Waals surface area contributed by atoms with Crippen molar-refractivity contribution in [1.29, 1.82) is 0 Å². The molecule has 2 aromatic rings. The molecule has 1 heterocycles. The zero-order valence-electron chi connectivity index (χ0n) is 16.1. The van der Waals surface area contributed by atoms with Gasteiger partial charge in [-0.2, -0.15) is 13.2 Å². The topological polar surface area (TPSA) is 35.6 Å². The smallest absolute Gasteiger partial charge is 0.369 e. The predicted molar refractivity (Wildman–Crippen MR) is 103 cm³/mol. The third-order valence-electron chi connectivity index (χ3n) is 4.96. The summed E-state index contributed by atoms with van der Waals surface area (Å²) in [4.78, 5) is 16.4. The quantitative estimate of drug-likeness (QED) is 0.767. The van der Waals surface area contributed by atoms with Crippen LogP contribution in [0.25, 0.3) is 0 Å². The van der Waals surface area contributed by atoms with Gasteiger partial charge in [0.05, 0.1) is 12.1 Å². The lowest BCUT2D eigenvalue weighted by Gasteiger charge is -2.35. The number of hydrogen-bond donors (Lipinski definition) is 1. The molecule has 0 radical (unpaired) electrons. The van der Waals surface area contributed by atoms with Gasteiger partial charge >= 0.3 is 6.18 Å². The van der Waals surface area contributed by atoms with Crippen molar-refractivity contribution in [2.24, 2.45) is 0 Å². The normalized spacial score (nSPS) is 15.4. The lowest BCUT2D eigenvalue weighted by molar-refractivity contribution is -0.138. The highest BCUT2D eigenvalue weighted by Gasteiger charge is 2.33. The first-order chi connectivity index (χ1) is 13.7. The van der Waals surface area contributed by atoms with Gasteiger partial charge in [0.15, 0.2) is 0 Å². The standard InChI is InChI=1S/C21H23F4N3O/c1-15-3-2-4-18(11-15)28-9-7-27(8-10-28)14-20(29)26-13-16-5-6-17(22)12-19(16)21(23,24)25/h2-6,11-12H,7-10,13-14H2,1H3,(H,26,29). The van der Waals surface area contributed by atoms with E-state index < -0.39 is 17.6 Å². The summed E-state index contributed by atoms with van der Waals surface area (Å²) in [5.74, 6) is -1.31. The van der Waals surface area contributed by atoms with Crippen molar-refractivity contribution < 1.29 is 22.4 Å². The third kappa shape index (κ3) is 5.69. The maximum atomic E-state index is 13.2. The van der Waals surface area contributed by atoms with E-state index in [9.17, 15) is 22.4 Å². The van der Waals surface area contributed by atoms with Crippen LogP contribution in [0.3, 0.4) is 0 Å². The van der Waals surface area contributed by atoms with Gasteiger partial charge in [-0.1, -0.05) is 18.2 Å². The maximum absolute atomic E-state index is 13.2. The fraction of sp³-hybridized carbons (Fsp3) is 0.381. The van der Waals surface area contributed by atoms with Crippen LogP contribution in [0.2, 0.25) is 0 Å². The van der Waals surface area contributed by atoms with Gasteiger partial charge in [0, 0.05) is 38.4 Å². The molecule has 4 nitrogen and oxygen atoms in total.